The zero-order valence-electron chi connectivity index (χ0n) is 27.3. The van der Waals surface area contributed by atoms with Gasteiger partial charge in [0.25, 0.3) is 0 Å². The van der Waals surface area contributed by atoms with E-state index in [0.29, 0.717) is 12.2 Å². The summed E-state index contributed by atoms with van der Waals surface area (Å²) in [5.41, 5.74) is 0.184. The number of carbonyl (C=O) groups is 1. The Balaban J connectivity index is 0.962. The average Bonchev–Trinajstić information content (AvgIpc) is 3.02. The van der Waals surface area contributed by atoms with Crippen molar-refractivity contribution < 1.29 is 14.3 Å². The number of carbonyl (C=O) groups excluding carboxylic acids is 1. The molecule has 3 heteroatoms. The summed E-state index contributed by atoms with van der Waals surface area (Å²) in [6, 6.07) is 0. The van der Waals surface area contributed by atoms with Gasteiger partial charge in [0.05, 0.1) is 12.2 Å². The average molecular weight is 571 g/mol. The van der Waals surface area contributed by atoms with Crippen LogP contribution in [0.4, 0.5) is 0 Å². The molecule has 0 amide bonds. The lowest BCUT2D eigenvalue weighted by Crippen LogP contribution is -2.60. The van der Waals surface area contributed by atoms with E-state index >= 15 is 0 Å². The highest BCUT2D eigenvalue weighted by Gasteiger charge is 2.63. The molecule has 41 heavy (non-hydrogen) atoms. The molecule has 0 aliphatic heterocycles. The maximum atomic E-state index is 13.9. The lowest BCUT2D eigenvalue weighted by molar-refractivity contribution is -0.170. The van der Waals surface area contributed by atoms with Gasteiger partial charge in [-0.05, 0) is 146 Å². The van der Waals surface area contributed by atoms with Gasteiger partial charge >= 0.3 is 0 Å². The minimum atomic E-state index is 0.0919. The molecule has 0 unspecified atom stereocenters. The number of rotatable bonds is 14. The molecule has 2 spiro atoms. The second-order valence-corrected chi connectivity index (χ2v) is 15.7. The number of ether oxygens (including phenoxy) is 2. The largest absolute Gasteiger partial charge is 0.378 e. The van der Waals surface area contributed by atoms with Crippen molar-refractivity contribution in [3.63, 3.8) is 0 Å². The third kappa shape index (κ3) is 8.01. The van der Waals surface area contributed by atoms with Crippen LogP contribution in [0, 0.1) is 34.5 Å². The molecule has 0 aromatic carbocycles. The highest BCUT2D eigenvalue weighted by Crippen LogP contribution is 2.65. The lowest BCUT2D eigenvalue weighted by Gasteiger charge is -2.60. The highest BCUT2D eigenvalue weighted by atomic mass is 16.5. The second-order valence-electron chi connectivity index (χ2n) is 15.7. The summed E-state index contributed by atoms with van der Waals surface area (Å²) in [6.07, 6.45) is 33.4. The van der Waals surface area contributed by atoms with E-state index < -0.39 is 0 Å². The van der Waals surface area contributed by atoms with Crippen molar-refractivity contribution >= 4 is 5.78 Å². The Labute approximate surface area is 254 Å². The van der Waals surface area contributed by atoms with Crippen molar-refractivity contribution in [2.45, 2.75) is 187 Å². The molecule has 0 atom stereocenters. The van der Waals surface area contributed by atoms with Gasteiger partial charge in [-0.1, -0.05) is 52.4 Å². The van der Waals surface area contributed by atoms with Crippen LogP contribution in [0.15, 0.2) is 0 Å². The van der Waals surface area contributed by atoms with Crippen LogP contribution in [0.5, 0.6) is 0 Å². The molecule has 0 aromatic rings. The molecular weight excluding hydrogens is 504 g/mol. The Morgan fingerprint density at radius 2 is 0.878 bits per heavy atom. The molecule has 0 bridgehead atoms. The van der Waals surface area contributed by atoms with E-state index in [2.05, 4.69) is 13.8 Å². The Morgan fingerprint density at radius 1 is 0.512 bits per heavy atom. The van der Waals surface area contributed by atoms with Crippen molar-refractivity contribution in [2.75, 3.05) is 13.2 Å². The van der Waals surface area contributed by atoms with Gasteiger partial charge in [-0.2, -0.15) is 0 Å². The SMILES string of the molecule is CCCCCCOC1CCC(C2CC[C@]3(CC2)C[C@@]2(CC[C@H](C4CCC(OCCCCCC)CC4)CC2)C3=O)CC1. The molecule has 5 fully saturated rings. The van der Waals surface area contributed by atoms with E-state index in [-0.39, 0.29) is 10.8 Å². The van der Waals surface area contributed by atoms with Crippen LogP contribution in [0.1, 0.15) is 174 Å². The Kier molecular flexibility index (Phi) is 12.1. The molecule has 3 nitrogen and oxygen atoms in total. The second kappa shape index (κ2) is 15.5. The van der Waals surface area contributed by atoms with Gasteiger partial charge in [-0.15, -0.1) is 0 Å². The highest BCUT2D eigenvalue weighted by molar-refractivity contribution is 5.96. The van der Waals surface area contributed by atoms with Gasteiger partial charge in [0, 0.05) is 24.0 Å². The molecule has 0 N–H and O–H groups in total. The normalized spacial score (nSPS) is 39.7. The maximum absolute atomic E-state index is 13.9. The van der Waals surface area contributed by atoms with Gasteiger partial charge in [0.2, 0.25) is 0 Å². The predicted molar refractivity (Wildman–Crippen MR) is 170 cm³/mol. The molecule has 0 saturated heterocycles. The van der Waals surface area contributed by atoms with Crippen molar-refractivity contribution in [1.29, 1.82) is 0 Å². The molecule has 236 valence electrons. The molecule has 0 radical (unpaired) electrons. The zero-order valence-corrected chi connectivity index (χ0v) is 27.3. The van der Waals surface area contributed by atoms with Gasteiger partial charge < -0.3 is 9.47 Å². The summed E-state index contributed by atoms with van der Waals surface area (Å²) in [5, 5.41) is 0. The van der Waals surface area contributed by atoms with Gasteiger partial charge in [-0.25, -0.2) is 0 Å². The fourth-order valence-corrected chi connectivity index (χ4v) is 10.4. The van der Waals surface area contributed by atoms with Crippen molar-refractivity contribution in [2.24, 2.45) is 34.5 Å². The molecule has 5 aliphatic rings. The quantitative estimate of drug-likeness (QED) is 0.195. The molecule has 5 rings (SSSR count). The van der Waals surface area contributed by atoms with Gasteiger partial charge in [-0.3, -0.25) is 4.79 Å². The number of ketones is 1. The fourth-order valence-electron chi connectivity index (χ4n) is 10.4. The van der Waals surface area contributed by atoms with Crippen LogP contribution in [0.3, 0.4) is 0 Å². The van der Waals surface area contributed by atoms with Crippen molar-refractivity contribution in [3.05, 3.63) is 0 Å². The molecule has 5 aliphatic carbocycles. The first-order valence-corrected chi connectivity index (χ1v) is 18.9. The van der Waals surface area contributed by atoms with E-state index in [1.807, 2.05) is 0 Å². The van der Waals surface area contributed by atoms with E-state index in [1.54, 1.807) is 0 Å². The fraction of sp³-hybridized carbons (Fsp3) is 0.974. The first-order valence-electron chi connectivity index (χ1n) is 18.9. The van der Waals surface area contributed by atoms with E-state index in [0.717, 1.165) is 42.7 Å². The van der Waals surface area contributed by atoms with E-state index in [9.17, 15) is 4.79 Å². The van der Waals surface area contributed by atoms with Crippen molar-refractivity contribution in [1.82, 2.24) is 0 Å². The summed E-state index contributed by atoms with van der Waals surface area (Å²) in [7, 11) is 0. The topological polar surface area (TPSA) is 35.5 Å². The Bertz CT molecular complexity index is 696. The smallest absolute Gasteiger partial charge is 0.145 e. The lowest BCUT2D eigenvalue weighted by atomic mass is 9.42. The van der Waals surface area contributed by atoms with Crippen LogP contribution in [0.25, 0.3) is 0 Å². The first kappa shape index (κ1) is 32.0. The standard InChI is InChI=1S/C38H66O3/c1-3-5-7-9-27-40-34-15-11-30(12-16-34)32-19-23-37(24-20-32)29-38(36(37)39)25-21-33(22-26-38)31-13-17-35(18-14-31)41-28-10-8-6-4-2/h30-35H,3-29H2,1-2H3/t30?,31?,32-,33?,34?,35?,37-,38-. The summed E-state index contributed by atoms with van der Waals surface area (Å²) in [4.78, 5) is 13.9. The van der Waals surface area contributed by atoms with E-state index in [1.165, 1.54) is 161 Å². The minimum absolute atomic E-state index is 0.0919. The number of unbranched alkanes of at least 4 members (excludes halogenated alkanes) is 6. The van der Waals surface area contributed by atoms with Crippen LogP contribution in [0.2, 0.25) is 0 Å². The van der Waals surface area contributed by atoms with Gasteiger partial charge in [0.15, 0.2) is 0 Å². The number of Topliss-reactive ketones (excluding diaryl/α,β-unsaturated/α-hetero) is 1. The summed E-state index contributed by atoms with van der Waals surface area (Å²) in [5.74, 6) is 4.27. The molecule has 5 saturated carbocycles. The van der Waals surface area contributed by atoms with Gasteiger partial charge in [0.1, 0.15) is 5.78 Å². The number of hydrogen-bond acceptors (Lipinski definition) is 3. The monoisotopic (exact) mass is 571 g/mol. The number of hydrogen-bond donors (Lipinski definition) is 0. The van der Waals surface area contributed by atoms with Crippen molar-refractivity contribution in [3.8, 4) is 0 Å². The summed E-state index contributed by atoms with van der Waals surface area (Å²) < 4.78 is 12.5. The van der Waals surface area contributed by atoms with Crippen LogP contribution >= 0.6 is 0 Å². The van der Waals surface area contributed by atoms with Crippen LogP contribution in [-0.4, -0.2) is 31.2 Å². The summed E-state index contributed by atoms with van der Waals surface area (Å²) in [6.45, 7) is 6.50. The zero-order chi connectivity index (χ0) is 28.5. The van der Waals surface area contributed by atoms with Crippen LogP contribution < -0.4 is 0 Å². The first-order chi connectivity index (χ1) is 20.1. The maximum Gasteiger partial charge on any atom is 0.145 e. The third-order valence-electron chi connectivity index (χ3n) is 13.1. The summed E-state index contributed by atoms with van der Waals surface area (Å²) >= 11 is 0. The molecule has 0 heterocycles. The predicted octanol–water partition coefficient (Wildman–Crippen LogP) is 10.6. The Hall–Kier alpha value is -0.410. The Morgan fingerprint density at radius 3 is 1.22 bits per heavy atom. The third-order valence-corrected chi connectivity index (χ3v) is 13.1. The molecule has 0 aromatic heterocycles. The minimum Gasteiger partial charge on any atom is -0.378 e. The molecular formula is C38H66O3. The van der Waals surface area contributed by atoms with Crippen LogP contribution in [-0.2, 0) is 14.3 Å². The van der Waals surface area contributed by atoms with E-state index in [4.69, 9.17) is 9.47 Å².